The van der Waals surface area contributed by atoms with Crippen LogP contribution in [0.15, 0.2) is 70.5 Å². The molecule has 0 aliphatic heterocycles. The smallest absolute Gasteiger partial charge is 0.263 e. The number of rotatable bonds is 10. The zero-order valence-corrected chi connectivity index (χ0v) is 17.8. The fourth-order valence-corrected chi connectivity index (χ4v) is 5.38. The van der Waals surface area contributed by atoms with E-state index in [-0.39, 0.29) is 9.79 Å². The molecule has 28 heavy (non-hydrogen) atoms. The minimum atomic E-state index is -3.96. The summed E-state index contributed by atoms with van der Waals surface area (Å²) < 4.78 is 61.0. The summed E-state index contributed by atoms with van der Waals surface area (Å²) in [5, 5.41) is 0. The van der Waals surface area contributed by atoms with Crippen LogP contribution in [0.5, 0.6) is 0 Å². The number of hydrogen-bond acceptors (Lipinski definition) is 6. The topological polar surface area (TPSA) is 86.7 Å². The number of hydrogen-bond donors (Lipinski definition) is 0. The summed E-state index contributed by atoms with van der Waals surface area (Å²) in [7, 11) is -7.92. The maximum absolute atomic E-state index is 12.5. The highest BCUT2D eigenvalue weighted by Gasteiger charge is 2.33. The van der Waals surface area contributed by atoms with Crippen molar-refractivity contribution in [3.8, 4) is 0 Å². The van der Waals surface area contributed by atoms with Gasteiger partial charge in [0.2, 0.25) is 0 Å². The lowest BCUT2D eigenvalue weighted by molar-refractivity contribution is 0.0536. The van der Waals surface area contributed by atoms with Gasteiger partial charge in [0, 0.05) is 5.92 Å². The first-order valence-corrected chi connectivity index (χ1v) is 12.0. The molecule has 0 heterocycles. The highest BCUT2D eigenvalue weighted by Crippen LogP contribution is 2.27. The first-order chi connectivity index (χ1) is 13.2. The summed E-state index contributed by atoms with van der Waals surface area (Å²) in [6, 6.07) is 15.7. The minimum Gasteiger partial charge on any atom is -0.263 e. The molecule has 2 rings (SSSR count). The van der Waals surface area contributed by atoms with Gasteiger partial charge in [0.25, 0.3) is 20.2 Å². The first-order valence-electron chi connectivity index (χ1n) is 9.18. The van der Waals surface area contributed by atoms with Crippen LogP contribution in [0.1, 0.15) is 33.6 Å². The predicted octanol–water partition coefficient (Wildman–Crippen LogP) is 3.99. The van der Waals surface area contributed by atoms with Crippen LogP contribution in [-0.4, -0.2) is 29.0 Å². The molecule has 6 nitrogen and oxygen atoms in total. The second-order valence-corrected chi connectivity index (χ2v) is 9.62. The Kier molecular flexibility index (Phi) is 7.77. The summed E-state index contributed by atoms with van der Waals surface area (Å²) in [4.78, 5) is 0.123. The van der Waals surface area contributed by atoms with Gasteiger partial charge in [-0.25, -0.2) is 0 Å². The third kappa shape index (κ3) is 5.64. The van der Waals surface area contributed by atoms with E-state index in [1.165, 1.54) is 24.3 Å². The molecule has 0 radical (unpaired) electrons. The van der Waals surface area contributed by atoms with Crippen molar-refractivity contribution >= 4 is 20.2 Å². The van der Waals surface area contributed by atoms with Crippen molar-refractivity contribution in [2.45, 2.75) is 55.6 Å². The lowest BCUT2D eigenvalue weighted by Gasteiger charge is -2.29. The van der Waals surface area contributed by atoms with E-state index in [0.717, 1.165) is 0 Å². The summed E-state index contributed by atoms with van der Waals surface area (Å²) in [6.07, 6.45) is -0.668. The standard InChI is InChI=1S/C20H26O6S2/c1-4-19(25-27(21,22)17-12-8-6-9-13-17)16(3)20(5-2)26-28(23,24)18-14-10-7-11-15-18/h6-16,19-20H,4-5H2,1-3H3. The van der Waals surface area contributed by atoms with Crippen molar-refractivity contribution in [3.05, 3.63) is 60.7 Å². The predicted molar refractivity (Wildman–Crippen MR) is 107 cm³/mol. The van der Waals surface area contributed by atoms with Crippen molar-refractivity contribution in [1.82, 2.24) is 0 Å². The van der Waals surface area contributed by atoms with Gasteiger partial charge in [-0.15, -0.1) is 0 Å². The molecule has 0 saturated heterocycles. The minimum absolute atomic E-state index is 0.0616. The van der Waals surface area contributed by atoms with E-state index in [1.807, 2.05) is 0 Å². The normalized spacial score (nSPS) is 15.7. The maximum atomic E-state index is 12.5. The van der Waals surface area contributed by atoms with Gasteiger partial charge in [-0.1, -0.05) is 57.2 Å². The molecular formula is C20H26O6S2. The Labute approximate surface area is 167 Å². The lowest BCUT2D eigenvalue weighted by atomic mass is 9.95. The monoisotopic (exact) mass is 426 g/mol. The molecule has 0 N–H and O–H groups in total. The Balaban J connectivity index is 2.19. The van der Waals surface area contributed by atoms with E-state index in [2.05, 4.69) is 0 Å². The molecule has 8 heteroatoms. The molecule has 2 unspecified atom stereocenters. The highest BCUT2D eigenvalue weighted by molar-refractivity contribution is 7.87. The van der Waals surface area contributed by atoms with Gasteiger partial charge in [-0.3, -0.25) is 8.37 Å². The largest absolute Gasteiger partial charge is 0.297 e. The highest BCUT2D eigenvalue weighted by atomic mass is 32.2. The molecule has 154 valence electrons. The molecule has 2 aromatic rings. The Morgan fingerprint density at radius 3 is 1.29 bits per heavy atom. The van der Waals surface area contributed by atoms with E-state index in [0.29, 0.717) is 12.8 Å². The first kappa shape index (κ1) is 22.5. The maximum Gasteiger partial charge on any atom is 0.297 e. The summed E-state index contributed by atoms with van der Waals surface area (Å²) in [5.41, 5.74) is 0. The quantitative estimate of drug-likeness (QED) is 0.534. The molecule has 0 fully saturated rings. The van der Waals surface area contributed by atoms with Crippen LogP contribution in [0.25, 0.3) is 0 Å². The Morgan fingerprint density at radius 2 is 1.00 bits per heavy atom. The molecule has 2 atom stereocenters. The van der Waals surface area contributed by atoms with Crippen LogP contribution >= 0.6 is 0 Å². The Hall–Kier alpha value is -1.74. The van der Waals surface area contributed by atoms with E-state index in [9.17, 15) is 16.8 Å². The van der Waals surface area contributed by atoms with Gasteiger partial charge in [0.05, 0.1) is 22.0 Å². The van der Waals surface area contributed by atoms with Gasteiger partial charge < -0.3 is 0 Å². The van der Waals surface area contributed by atoms with Gasteiger partial charge in [0.15, 0.2) is 0 Å². The molecule has 2 aromatic carbocycles. The van der Waals surface area contributed by atoms with Crippen LogP contribution in [0.3, 0.4) is 0 Å². The van der Waals surface area contributed by atoms with Crippen molar-refractivity contribution < 1.29 is 25.2 Å². The molecule has 0 aliphatic carbocycles. The fourth-order valence-electron chi connectivity index (χ4n) is 2.91. The average Bonchev–Trinajstić information content (AvgIpc) is 2.71. The molecule has 0 aromatic heterocycles. The van der Waals surface area contributed by atoms with E-state index in [4.69, 9.17) is 8.37 Å². The van der Waals surface area contributed by atoms with Gasteiger partial charge >= 0.3 is 0 Å². The van der Waals surface area contributed by atoms with E-state index >= 15 is 0 Å². The third-order valence-corrected chi connectivity index (χ3v) is 7.24. The van der Waals surface area contributed by atoms with Gasteiger partial charge in [0.1, 0.15) is 0 Å². The van der Waals surface area contributed by atoms with Crippen LogP contribution in [0.2, 0.25) is 0 Å². The van der Waals surface area contributed by atoms with E-state index < -0.39 is 38.4 Å². The van der Waals surface area contributed by atoms with Crippen molar-refractivity contribution in [3.63, 3.8) is 0 Å². The van der Waals surface area contributed by atoms with E-state index in [1.54, 1.807) is 57.2 Å². The Morgan fingerprint density at radius 1 is 0.679 bits per heavy atom. The van der Waals surface area contributed by atoms with Crippen molar-refractivity contribution in [2.75, 3.05) is 0 Å². The average molecular weight is 427 g/mol. The lowest BCUT2D eigenvalue weighted by Crippen LogP contribution is -2.35. The molecule has 0 saturated carbocycles. The van der Waals surface area contributed by atoms with Gasteiger partial charge in [-0.05, 0) is 37.1 Å². The zero-order valence-electron chi connectivity index (χ0n) is 16.2. The molecule has 0 bridgehead atoms. The molecular weight excluding hydrogens is 400 g/mol. The van der Waals surface area contributed by atoms with Crippen molar-refractivity contribution in [1.29, 1.82) is 0 Å². The Bertz CT molecular complexity index is 861. The third-order valence-electron chi connectivity index (χ3n) is 4.54. The fraction of sp³-hybridized carbons (Fsp3) is 0.400. The molecule has 0 spiro atoms. The van der Waals surface area contributed by atoms with Crippen LogP contribution in [0.4, 0.5) is 0 Å². The van der Waals surface area contributed by atoms with Crippen LogP contribution in [0, 0.1) is 5.92 Å². The van der Waals surface area contributed by atoms with Crippen molar-refractivity contribution in [2.24, 2.45) is 5.92 Å². The summed E-state index contributed by atoms with van der Waals surface area (Å²) >= 11 is 0. The second kappa shape index (κ2) is 9.65. The SMILES string of the molecule is CCC(OS(=O)(=O)c1ccccc1)C(C)C(CC)OS(=O)(=O)c1ccccc1. The zero-order chi connectivity index (χ0) is 20.8. The number of benzene rings is 2. The van der Waals surface area contributed by atoms with Gasteiger partial charge in [-0.2, -0.15) is 16.8 Å². The summed E-state index contributed by atoms with van der Waals surface area (Å²) in [6.45, 7) is 5.32. The van der Waals surface area contributed by atoms with Crippen LogP contribution < -0.4 is 0 Å². The molecule has 0 amide bonds. The summed E-state index contributed by atoms with van der Waals surface area (Å²) in [5.74, 6) is -0.466. The second-order valence-electron chi connectivity index (χ2n) is 6.48. The molecule has 0 aliphatic rings. The van der Waals surface area contributed by atoms with Crippen LogP contribution in [-0.2, 0) is 28.6 Å².